The summed E-state index contributed by atoms with van der Waals surface area (Å²) >= 11 is 3.39. The number of hydrogen-bond donors (Lipinski definition) is 0. The monoisotopic (exact) mass is 271 g/mol. The van der Waals surface area contributed by atoms with Crippen LogP contribution in [0.4, 0.5) is 5.82 Å². The molecule has 1 heterocycles. The predicted molar refractivity (Wildman–Crippen MR) is 67.2 cm³/mol. The van der Waals surface area contributed by atoms with E-state index in [1.807, 2.05) is 13.0 Å². The number of anilines is 1. The largest absolute Gasteiger partial charge is 0.354 e. The molecule has 0 atom stereocenters. The summed E-state index contributed by atoms with van der Waals surface area (Å²) in [6.07, 6.45) is 1.07. The normalized spacial score (nSPS) is 11.6. The first-order valence-corrected chi connectivity index (χ1v) is 5.91. The molecule has 0 saturated carbocycles. The average molecular weight is 272 g/mol. The molecule has 0 fully saturated rings. The topological polar surface area (TPSA) is 29.0 Å². The highest BCUT2D eigenvalue weighted by molar-refractivity contribution is 9.10. The number of aromatic nitrogens is 2. The van der Waals surface area contributed by atoms with Gasteiger partial charge >= 0.3 is 0 Å². The van der Waals surface area contributed by atoms with E-state index in [0.29, 0.717) is 0 Å². The summed E-state index contributed by atoms with van der Waals surface area (Å²) in [4.78, 5) is 10.8. The molecule has 0 unspecified atom stereocenters. The number of rotatable bonds is 3. The van der Waals surface area contributed by atoms with Crippen molar-refractivity contribution in [2.75, 3.05) is 11.9 Å². The highest BCUT2D eigenvalue weighted by Crippen LogP contribution is 2.24. The van der Waals surface area contributed by atoms with Crippen molar-refractivity contribution in [3.05, 3.63) is 16.5 Å². The molecule has 84 valence electrons. The summed E-state index contributed by atoms with van der Waals surface area (Å²) in [5.74, 6) is 1.75. The van der Waals surface area contributed by atoms with E-state index in [2.05, 4.69) is 58.6 Å². The van der Waals surface area contributed by atoms with Crippen LogP contribution >= 0.6 is 15.9 Å². The molecular weight excluding hydrogens is 254 g/mol. The lowest BCUT2D eigenvalue weighted by Gasteiger charge is -2.35. The van der Waals surface area contributed by atoms with Crippen molar-refractivity contribution >= 4 is 21.7 Å². The van der Waals surface area contributed by atoms with Gasteiger partial charge in [0.15, 0.2) is 0 Å². The molecule has 15 heavy (non-hydrogen) atoms. The Kier molecular flexibility index (Phi) is 3.71. The Morgan fingerprint density at radius 3 is 2.47 bits per heavy atom. The molecule has 0 bridgehead atoms. The van der Waals surface area contributed by atoms with Gasteiger partial charge in [0.2, 0.25) is 0 Å². The van der Waals surface area contributed by atoms with Crippen molar-refractivity contribution in [3.63, 3.8) is 0 Å². The Morgan fingerprint density at radius 1 is 1.40 bits per heavy atom. The van der Waals surface area contributed by atoms with Crippen LogP contribution in [0.1, 0.15) is 33.0 Å². The maximum atomic E-state index is 4.43. The molecule has 0 amide bonds. The summed E-state index contributed by atoms with van der Waals surface area (Å²) in [7, 11) is 2.07. The minimum absolute atomic E-state index is 0.111. The zero-order valence-electron chi connectivity index (χ0n) is 10.0. The Morgan fingerprint density at radius 2 is 2.00 bits per heavy atom. The van der Waals surface area contributed by atoms with Gasteiger partial charge in [0.1, 0.15) is 16.2 Å². The van der Waals surface area contributed by atoms with Crippen molar-refractivity contribution in [1.29, 1.82) is 0 Å². The van der Waals surface area contributed by atoms with Gasteiger partial charge in [0.25, 0.3) is 0 Å². The second-order valence-corrected chi connectivity index (χ2v) is 5.13. The van der Waals surface area contributed by atoms with Crippen LogP contribution in [0.2, 0.25) is 0 Å². The van der Waals surface area contributed by atoms with Crippen LogP contribution in [-0.4, -0.2) is 22.6 Å². The number of nitrogens with zero attached hydrogens (tertiary/aromatic N) is 3. The van der Waals surface area contributed by atoms with Gasteiger partial charge in [-0.3, -0.25) is 0 Å². The molecule has 0 aromatic carbocycles. The molecule has 3 nitrogen and oxygen atoms in total. The molecule has 0 saturated heterocycles. The Bertz CT molecular complexity index is 329. The first kappa shape index (κ1) is 12.4. The smallest absolute Gasteiger partial charge is 0.133 e. The highest BCUT2D eigenvalue weighted by Gasteiger charge is 2.22. The Hall–Kier alpha value is -0.640. The highest BCUT2D eigenvalue weighted by atomic mass is 79.9. The third kappa shape index (κ3) is 2.91. The fraction of sp³-hybridized carbons (Fsp3) is 0.636. The Labute approximate surface area is 100 Å². The van der Waals surface area contributed by atoms with E-state index in [1.54, 1.807) is 0 Å². The second-order valence-electron chi connectivity index (χ2n) is 4.32. The summed E-state index contributed by atoms with van der Waals surface area (Å²) in [5, 5.41) is 0. The van der Waals surface area contributed by atoms with E-state index in [9.17, 15) is 0 Å². The molecule has 0 aliphatic carbocycles. The first-order chi connectivity index (χ1) is 6.86. The third-order valence-electron chi connectivity index (χ3n) is 2.91. The molecule has 0 N–H and O–H groups in total. The lowest BCUT2D eigenvalue weighted by molar-refractivity contribution is 0.466. The van der Waals surface area contributed by atoms with Gasteiger partial charge < -0.3 is 4.90 Å². The van der Waals surface area contributed by atoms with Crippen molar-refractivity contribution in [1.82, 2.24) is 9.97 Å². The standard InChI is InChI=1S/C11H18BrN3/c1-6-11(3,4)15(5)10-7-9(12)13-8(2)14-10/h7H,6H2,1-5H3. The van der Waals surface area contributed by atoms with E-state index < -0.39 is 0 Å². The SMILES string of the molecule is CCC(C)(C)N(C)c1cc(Br)nc(C)n1. The van der Waals surface area contributed by atoms with E-state index >= 15 is 0 Å². The lowest BCUT2D eigenvalue weighted by Crippen LogP contribution is -2.41. The predicted octanol–water partition coefficient (Wildman–Crippen LogP) is 3.17. The van der Waals surface area contributed by atoms with Gasteiger partial charge in [0.05, 0.1) is 0 Å². The molecule has 0 aliphatic rings. The van der Waals surface area contributed by atoms with Crippen LogP contribution in [0.15, 0.2) is 10.7 Å². The van der Waals surface area contributed by atoms with Gasteiger partial charge in [-0.25, -0.2) is 9.97 Å². The van der Waals surface area contributed by atoms with Gasteiger partial charge in [-0.1, -0.05) is 6.92 Å². The second kappa shape index (κ2) is 4.47. The number of halogens is 1. The number of aryl methyl sites for hydroxylation is 1. The zero-order valence-corrected chi connectivity index (χ0v) is 11.6. The third-order valence-corrected chi connectivity index (χ3v) is 3.32. The van der Waals surface area contributed by atoms with Crippen molar-refractivity contribution in [2.24, 2.45) is 0 Å². The maximum Gasteiger partial charge on any atom is 0.133 e. The molecule has 0 radical (unpaired) electrons. The Balaban J connectivity index is 3.06. The summed E-state index contributed by atoms with van der Waals surface area (Å²) < 4.78 is 0.837. The van der Waals surface area contributed by atoms with Crippen molar-refractivity contribution in [2.45, 2.75) is 39.7 Å². The van der Waals surface area contributed by atoms with Gasteiger partial charge in [-0.05, 0) is 43.1 Å². The van der Waals surface area contributed by atoms with Gasteiger partial charge in [-0.2, -0.15) is 0 Å². The number of hydrogen-bond acceptors (Lipinski definition) is 3. The fourth-order valence-electron chi connectivity index (χ4n) is 1.24. The van der Waals surface area contributed by atoms with E-state index in [0.717, 1.165) is 22.7 Å². The average Bonchev–Trinajstić information content (AvgIpc) is 2.15. The molecule has 1 aromatic heterocycles. The summed E-state index contributed by atoms with van der Waals surface area (Å²) in [5.41, 5.74) is 0.111. The van der Waals surface area contributed by atoms with E-state index in [-0.39, 0.29) is 5.54 Å². The molecule has 0 spiro atoms. The van der Waals surface area contributed by atoms with E-state index in [1.165, 1.54) is 0 Å². The zero-order chi connectivity index (χ0) is 11.6. The summed E-state index contributed by atoms with van der Waals surface area (Å²) in [6, 6.07) is 1.95. The first-order valence-electron chi connectivity index (χ1n) is 5.12. The quantitative estimate of drug-likeness (QED) is 0.791. The minimum atomic E-state index is 0.111. The summed E-state index contributed by atoms with van der Waals surface area (Å²) in [6.45, 7) is 8.50. The maximum absolute atomic E-state index is 4.43. The molecule has 4 heteroatoms. The fourth-order valence-corrected chi connectivity index (χ4v) is 1.70. The van der Waals surface area contributed by atoms with Crippen LogP contribution in [-0.2, 0) is 0 Å². The van der Waals surface area contributed by atoms with Crippen LogP contribution in [0.3, 0.4) is 0 Å². The lowest BCUT2D eigenvalue weighted by atomic mass is 10.0. The van der Waals surface area contributed by atoms with Gasteiger partial charge in [0, 0.05) is 18.7 Å². The molecular formula is C11H18BrN3. The van der Waals surface area contributed by atoms with Crippen LogP contribution in [0, 0.1) is 6.92 Å². The molecule has 0 aliphatic heterocycles. The molecule has 1 aromatic rings. The van der Waals surface area contributed by atoms with Gasteiger partial charge in [-0.15, -0.1) is 0 Å². The van der Waals surface area contributed by atoms with Crippen LogP contribution < -0.4 is 4.90 Å². The van der Waals surface area contributed by atoms with Crippen LogP contribution in [0.5, 0.6) is 0 Å². The molecule has 1 rings (SSSR count). The minimum Gasteiger partial charge on any atom is -0.354 e. The van der Waals surface area contributed by atoms with Crippen LogP contribution in [0.25, 0.3) is 0 Å². The van der Waals surface area contributed by atoms with Crippen molar-refractivity contribution < 1.29 is 0 Å². The van der Waals surface area contributed by atoms with Crippen molar-refractivity contribution in [3.8, 4) is 0 Å². The van der Waals surface area contributed by atoms with E-state index in [4.69, 9.17) is 0 Å².